The average Bonchev–Trinajstić information content (AvgIpc) is 2.76. The summed E-state index contributed by atoms with van der Waals surface area (Å²) in [5, 5.41) is 4.52. The smallest absolute Gasteiger partial charge is 0.119 e. The third kappa shape index (κ3) is 4.49. The summed E-state index contributed by atoms with van der Waals surface area (Å²) in [7, 11) is 0. The number of nitrogens with one attached hydrogen (secondary N) is 1. The molecule has 4 rings (SSSR count). The van der Waals surface area contributed by atoms with Crippen molar-refractivity contribution in [3.05, 3.63) is 78.9 Å². The fourth-order valence-corrected chi connectivity index (χ4v) is 3.23. The number of benzene rings is 3. The van der Waals surface area contributed by atoms with Gasteiger partial charge in [-0.25, -0.2) is 4.98 Å². The Bertz CT molecular complexity index is 1090. The summed E-state index contributed by atoms with van der Waals surface area (Å²) in [5.41, 5.74) is 11.6. The van der Waals surface area contributed by atoms with Crippen molar-refractivity contribution in [1.82, 2.24) is 4.98 Å². The summed E-state index contributed by atoms with van der Waals surface area (Å²) in [6.45, 7) is 2.91. The number of rotatable bonds is 7. The van der Waals surface area contributed by atoms with Crippen molar-refractivity contribution in [2.24, 2.45) is 0 Å². The predicted octanol–water partition coefficient (Wildman–Crippen LogP) is 6.41. The van der Waals surface area contributed by atoms with Crippen LogP contribution < -0.4 is 15.8 Å². The lowest BCUT2D eigenvalue weighted by Crippen LogP contribution is -1.98. The number of nitrogen functional groups attached to an aromatic ring is 1. The zero-order valence-corrected chi connectivity index (χ0v) is 16.6. The largest absolute Gasteiger partial charge is 0.494 e. The Morgan fingerprint density at radius 2 is 1.72 bits per heavy atom. The number of unbranched alkanes of at least 4 members (excludes halogenated alkanes) is 1. The fraction of sp³-hybridized carbons (Fsp3) is 0.160. The standard InChI is InChI=1S/C25H25N3O/c1-2-3-15-29-21-12-10-20(11-13-21)27-25-17-24(18-7-5-4-6-8-18)28-23-14-9-19(26)16-22(23)25/h4-14,16-17H,2-3,15,26H2,1H3,(H,27,28). The highest BCUT2D eigenvalue weighted by Crippen LogP contribution is 2.32. The maximum atomic E-state index is 6.04. The number of anilines is 3. The van der Waals surface area contributed by atoms with Gasteiger partial charge >= 0.3 is 0 Å². The highest BCUT2D eigenvalue weighted by Gasteiger charge is 2.09. The minimum absolute atomic E-state index is 0.717. The molecule has 1 heterocycles. The van der Waals surface area contributed by atoms with Crippen molar-refractivity contribution in [3.8, 4) is 17.0 Å². The molecule has 0 unspecified atom stereocenters. The number of nitrogens with zero attached hydrogens (tertiary/aromatic N) is 1. The van der Waals surface area contributed by atoms with Crippen LogP contribution in [-0.4, -0.2) is 11.6 Å². The molecule has 0 atom stereocenters. The molecule has 0 radical (unpaired) electrons. The van der Waals surface area contributed by atoms with Crippen LogP contribution in [0.4, 0.5) is 17.1 Å². The van der Waals surface area contributed by atoms with Gasteiger partial charge in [-0.05, 0) is 55.0 Å². The Morgan fingerprint density at radius 1 is 0.931 bits per heavy atom. The van der Waals surface area contributed by atoms with Crippen LogP contribution in [0, 0.1) is 0 Å². The lowest BCUT2D eigenvalue weighted by molar-refractivity contribution is 0.309. The van der Waals surface area contributed by atoms with E-state index in [0.29, 0.717) is 0 Å². The first-order valence-electron chi connectivity index (χ1n) is 9.98. The van der Waals surface area contributed by atoms with E-state index in [4.69, 9.17) is 15.5 Å². The molecule has 146 valence electrons. The summed E-state index contributed by atoms with van der Waals surface area (Å²) in [6, 6.07) is 26.1. The van der Waals surface area contributed by atoms with Gasteiger partial charge in [-0.1, -0.05) is 43.7 Å². The van der Waals surface area contributed by atoms with Gasteiger partial charge in [0.25, 0.3) is 0 Å². The molecule has 3 aromatic carbocycles. The second-order valence-corrected chi connectivity index (χ2v) is 7.05. The van der Waals surface area contributed by atoms with Gasteiger partial charge in [0.05, 0.1) is 23.5 Å². The van der Waals surface area contributed by atoms with Crippen LogP contribution in [0.5, 0.6) is 5.75 Å². The molecule has 0 aliphatic carbocycles. The lowest BCUT2D eigenvalue weighted by Gasteiger charge is -2.13. The normalized spacial score (nSPS) is 10.8. The van der Waals surface area contributed by atoms with Gasteiger partial charge in [-0.15, -0.1) is 0 Å². The minimum Gasteiger partial charge on any atom is -0.494 e. The van der Waals surface area contributed by atoms with E-state index in [1.807, 2.05) is 60.7 Å². The Hall–Kier alpha value is -3.53. The van der Waals surface area contributed by atoms with Gasteiger partial charge in [-0.3, -0.25) is 0 Å². The van der Waals surface area contributed by atoms with E-state index in [9.17, 15) is 0 Å². The van der Waals surface area contributed by atoms with Gasteiger partial charge < -0.3 is 15.8 Å². The van der Waals surface area contributed by atoms with Crippen molar-refractivity contribution < 1.29 is 4.74 Å². The number of hydrogen-bond donors (Lipinski definition) is 2. The molecule has 0 saturated heterocycles. The Kier molecular flexibility index (Phi) is 5.61. The molecule has 1 aromatic heterocycles. The third-order valence-corrected chi connectivity index (χ3v) is 4.80. The Balaban J connectivity index is 1.67. The SMILES string of the molecule is CCCCOc1ccc(Nc2cc(-c3ccccc3)nc3ccc(N)cc23)cc1. The van der Waals surface area contributed by atoms with Gasteiger partial charge in [0.1, 0.15) is 5.75 Å². The van der Waals surface area contributed by atoms with Crippen LogP contribution in [0.15, 0.2) is 78.9 Å². The number of hydrogen-bond acceptors (Lipinski definition) is 4. The maximum Gasteiger partial charge on any atom is 0.119 e. The monoisotopic (exact) mass is 383 g/mol. The minimum atomic E-state index is 0.717. The molecular weight excluding hydrogens is 358 g/mol. The van der Waals surface area contributed by atoms with Crippen molar-refractivity contribution in [2.75, 3.05) is 17.7 Å². The summed E-state index contributed by atoms with van der Waals surface area (Å²) < 4.78 is 5.76. The van der Waals surface area contributed by atoms with E-state index < -0.39 is 0 Å². The second kappa shape index (κ2) is 8.65. The molecule has 0 fully saturated rings. The van der Waals surface area contributed by atoms with Crippen molar-refractivity contribution in [3.63, 3.8) is 0 Å². The number of nitrogens with two attached hydrogens (primary N) is 1. The van der Waals surface area contributed by atoms with Crippen LogP contribution in [0.25, 0.3) is 22.2 Å². The van der Waals surface area contributed by atoms with E-state index in [-0.39, 0.29) is 0 Å². The molecular formula is C25H25N3O. The highest BCUT2D eigenvalue weighted by molar-refractivity contribution is 5.97. The molecule has 0 aliphatic heterocycles. The Morgan fingerprint density at radius 3 is 2.48 bits per heavy atom. The van der Waals surface area contributed by atoms with Crippen molar-refractivity contribution in [1.29, 1.82) is 0 Å². The predicted molar refractivity (Wildman–Crippen MR) is 122 cm³/mol. The van der Waals surface area contributed by atoms with Gasteiger partial charge in [-0.2, -0.15) is 0 Å². The molecule has 3 N–H and O–H groups in total. The number of fused-ring (bicyclic) bond motifs is 1. The molecule has 4 aromatic rings. The first kappa shape index (κ1) is 18.8. The van der Waals surface area contributed by atoms with Crippen LogP contribution >= 0.6 is 0 Å². The molecule has 0 bridgehead atoms. The number of ether oxygens (including phenoxy) is 1. The van der Waals surface area contributed by atoms with E-state index >= 15 is 0 Å². The summed E-state index contributed by atoms with van der Waals surface area (Å²) in [4.78, 5) is 4.83. The maximum absolute atomic E-state index is 6.04. The first-order valence-corrected chi connectivity index (χ1v) is 9.98. The zero-order chi connectivity index (χ0) is 20.1. The average molecular weight is 383 g/mol. The van der Waals surface area contributed by atoms with Crippen LogP contribution in [0.1, 0.15) is 19.8 Å². The number of aromatic nitrogens is 1. The van der Waals surface area contributed by atoms with Gasteiger partial charge in [0, 0.05) is 22.3 Å². The molecule has 0 amide bonds. The van der Waals surface area contributed by atoms with E-state index in [1.165, 1.54) is 0 Å². The molecule has 0 saturated carbocycles. The molecule has 0 aliphatic rings. The summed E-state index contributed by atoms with van der Waals surface area (Å²) in [6.07, 6.45) is 2.19. The quantitative estimate of drug-likeness (QED) is 0.286. The summed E-state index contributed by atoms with van der Waals surface area (Å²) >= 11 is 0. The number of pyridine rings is 1. The van der Waals surface area contributed by atoms with Crippen molar-refractivity contribution >= 4 is 28.0 Å². The van der Waals surface area contributed by atoms with Crippen LogP contribution in [0.2, 0.25) is 0 Å². The van der Waals surface area contributed by atoms with E-state index in [0.717, 1.165) is 64.4 Å². The van der Waals surface area contributed by atoms with E-state index in [2.05, 4.69) is 30.4 Å². The molecule has 0 spiro atoms. The third-order valence-electron chi connectivity index (χ3n) is 4.80. The Labute approximate surface area is 171 Å². The second-order valence-electron chi connectivity index (χ2n) is 7.05. The van der Waals surface area contributed by atoms with Crippen LogP contribution in [0.3, 0.4) is 0 Å². The first-order chi connectivity index (χ1) is 14.2. The van der Waals surface area contributed by atoms with Gasteiger partial charge in [0.15, 0.2) is 0 Å². The van der Waals surface area contributed by atoms with E-state index in [1.54, 1.807) is 0 Å². The zero-order valence-electron chi connectivity index (χ0n) is 16.6. The molecule has 4 nitrogen and oxygen atoms in total. The fourth-order valence-electron chi connectivity index (χ4n) is 3.23. The van der Waals surface area contributed by atoms with Crippen LogP contribution in [-0.2, 0) is 0 Å². The topological polar surface area (TPSA) is 60.2 Å². The lowest BCUT2D eigenvalue weighted by atomic mass is 10.1. The highest BCUT2D eigenvalue weighted by atomic mass is 16.5. The molecule has 29 heavy (non-hydrogen) atoms. The van der Waals surface area contributed by atoms with Crippen molar-refractivity contribution in [2.45, 2.75) is 19.8 Å². The van der Waals surface area contributed by atoms with Gasteiger partial charge in [0.2, 0.25) is 0 Å². The molecule has 4 heteroatoms. The summed E-state index contributed by atoms with van der Waals surface area (Å²) in [5.74, 6) is 0.887.